The predicted octanol–water partition coefficient (Wildman–Crippen LogP) is 2.00. The number of benzene rings is 1. The number of carbonyl (C=O) groups excluding carboxylic acids is 1. The third kappa shape index (κ3) is 4.15. The number of nitrogens with zero attached hydrogens (tertiary/aromatic N) is 2. The van der Waals surface area contributed by atoms with Crippen LogP contribution in [0.4, 0.5) is 0 Å². The van der Waals surface area contributed by atoms with E-state index in [0.717, 1.165) is 19.6 Å². The fourth-order valence-electron chi connectivity index (χ4n) is 2.63. The molecule has 22 heavy (non-hydrogen) atoms. The van der Waals surface area contributed by atoms with E-state index < -0.39 is 10.0 Å². The van der Waals surface area contributed by atoms with Gasteiger partial charge in [0.05, 0.1) is 4.90 Å². The summed E-state index contributed by atoms with van der Waals surface area (Å²) in [5, 5.41) is 0. The lowest BCUT2D eigenvalue weighted by atomic mass is 10.1. The highest BCUT2D eigenvalue weighted by Crippen LogP contribution is 2.16. The average Bonchev–Trinajstić information content (AvgIpc) is 2.53. The normalized spacial score (nSPS) is 16.9. The Labute approximate surface area is 133 Å². The SMILES string of the molecule is CC(=O)c1ccc(S(=O)(=O)N(C)CCN2CCCCC2)cc1. The van der Waals surface area contributed by atoms with Crippen LogP contribution < -0.4 is 0 Å². The van der Waals surface area contributed by atoms with Crippen LogP contribution >= 0.6 is 0 Å². The summed E-state index contributed by atoms with van der Waals surface area (Å²) in [5.74, 6) is -0.0672. The highest BCUT2D eigenvalue weighted by atomic mass is 32.2. The average molecular weight is 324 g/mol. The molecule has 0 bridgehead atoms. The third-order valence-electron chi connectivity index (χ3n) is 4.15. The summed E-state index contributed by atoms with van der Waals surface area (Å²) < 4.78 is 26.4. The molecular weight excluding hydrogens is 300 g/mol. The van der Waals surface area contributed by atoms with Crippen molar-refractivity contribution in [2.75, 3.05) is 33.2 Å². The molecule has 0 saturated carbocycles. The van der Waals surface area contributed by atoms with E-state index in [1.54, 1.807) is 19.2 Å². The molecule has 1 saturated heterocycles. The molecule has 6 heteroatoms. The zero-order chi connectivity index (χ0) is 16.2. The van der Waals surface area contributed by atoms with Crippen LogP contribution in [-0.4, -0.2) is 56.6 Å². The van der Waals surface area contributed by atoms with Gasteiger partial charge in [0.15, 0.2) is 5.78 Å². The van der Waals surface area contributed by atoms with Crippen molar-refractivity contribution < 1.29 is 13.2 Å². The van der Waals surface area contributed by atoms with Crippen LogP contribution in [0.25, 0.3) is 0 Å². The first-order chi connectivity index (χ1) is 10.4. The number of rotatable bonds is 6. The second-order valence-corrected chi connectivity index (χ2v) is 7.85. The molecule has 1 aliphatic rings. The molecule has 0 amide bonds. The number of carbonyl (C=O) groups is 1. The van der Waals surface area contributed by atoms with Crippen LogP contribution in [0.1, 0.15) is 36.5 Å². The maximum absolute atomic E-state index is 12.5. The van der Waals surface area contributed by atoms with Crippen LogP contribution in [0, 0.1) is 0 Å². The Morgan fingerprint density at radius 2 is 1.73 bits per heavy atom. The Bertz CT molecular complexity index is 605. The van der Waals surface area contributed by atoms with E-state index in [2.05, 4.69) is 4.90 Å². The highest BCUT2D eigenvalue weighted by molar-refractivity contribution is 7.89. The van der Waals surface area contributed by atoms with Crippen molar-refractivity contribution in [3.05, 3.63) is 29.8 Å². The molecular formula is C16H24N2O3S. The second-order valence-electron chi connectivity index (χ2n) is 5.81. The van der Waals surface area contributed by atoms with Gasteiger partial charge in [0.25, 0.3) is 0 Å². The van der Waals surface area contributed by atoms with Gasteiger partial charge in [-0.25, -0.2) is 8.42 Å². The summed E-state index contributed by atoms with van der Waals surface area (Å²) in [6, 6.07) is 6.13. The number of Topliss-reactive ketones (excluding diaryl/α,β-unsaturated/α-hetero) is 1. The molecule has 122 valence electrons. The van der Waals surface area contributed by atoms with Crippen LogP contribution in [0.5, 0.6) is 0 Å². The minimum Gasteiger partial charge on any atom is -0.302 e. The van der Waals surface area contributed by atoms with Gasteiger partial charge < -0.3 is 4.90 Å². The van der Waals surface area contributed by atoms with Crippen molar-refractivity contribution in [3.63, 3.8) is 0 Å². The van der Waals surface area contributed by atoms with E-state index in [-0.39, 0.29) is 10.7 Å². The molecule has 1 fully saturated rings. The molecule has 1 aromatic carbocycles. The van der Waals surface area contributed by atoms with E-state index in [1.807, 2.05) is 0 Å². The van der Waals surface area contributed by atoms with E-state index >= 15 is 0 Å². The smallest absolute Gasteiger partial charge is 0.242 e. The maximum atomic E-state index is 12.5. The van der Waals surface area contributed by atoms with Gasteiger partial charge in [-0.05, 0) is 45.0 Å². The summed E-state index contributed by atoms with van der Waals surface area (Å²) in [7, 11) is -1.88. The van der Waals surface area contributed by atoms with Gasteiger partial charge in [0, 0.05) is 25.7 Å². The zero-order valence-electron chi connectivity index (χ0n) is 13.3. The molecule has 5 nitrogen and oxygen atoms in total. The van der Waals surface area contributed by atoms with Crippen LogP contribution in [0.15, 0.2) is 29.2 Å². The molecule has 2 rings (SSSR count). The minimum atomic E-state index is -3.49. The van der Waals surface area contributed by atoms with Gasteiger partial charge in [0.1, 0.15) is 0 Å². The van der Waals surface area contributed by atoms with Gasteiger partial charge in [0.2, 0.25) is 10.0 Å². The summed E-state index contributed by atoms with van der Waals surface area (Å²) in [6.07, 6.45) is 3.67. The highest BCUT2D eigenvalue weighted by Gasteiger charge is 2.21. The molecule has 1 heterocycles. The number of sulfonamides is 1. The van der Waals surface area contributed by atoms with Crippen molar-refractivity contribution in [2.24, 2.45) is 0 Å². The number of piperidine rings is 1. The Morgan fingerprint density at radius 1 is 1.14 bits per heavy atom. The summed E-state index contributed by atoms with van der Waals surface area (Å²) in [6.45, 7) is 4.83. The number of likely N-dealkylation sites (tertiary alicyclic amines) is 1. The third-order valence-corrected chi connectivity index (χ3v) is 6.02. The molecule has 0 unspecified atom stereocenters. The first kappa shape index (κ1) is 17.1. The van der Waals surface area contributed by atoms with Gasteiger partial charge in [-0.1, -0.05) is 18.6 Å². The largest absolute Gasteiger partial charge is 0.302 e. The Hall–Kier alpha value is -1.24. The second kappa shape index (κ2) is 7.35. The molecule has 0 aliphatic carbocycles. The van der Waals surface area contributed by atoms with Crippen molar-refractivity contribution in [2.45, 2.75) is 31.1 Å². The van der Waals surface area contributed by atoms with Crippen molar-refractivity contribution in [3.8, 4) is 0 Å². The quantitative estimate of drug-likeness (QED) is 0.751. The topological polar surface area (TPSA) is 57.7 Å². The minimum absolute atomic E-state index is 0.0672. The van der Waals surface area contributed by atoms with Crippen molar-refractivity contribution in [1.29, 1.82) is 0 Å². The number of ketones is 1. The first-order valence-electron chi connectivity index (χ1n) is 7.71. The lowest BCUT2D eigenvalue weighted by molar-refractivity contribution is 0.101. The molecule has 0 spiro atoms. The lowest BCUT2D eigenvalue weighted by Gasteiger charge is -2.28. The lowest BCUT2D eigenvalue weighted by Crippen LogP contribution is -2.38. The first-order valence-corrected chi connectivity index (χ1v) is 9.15. The van der Waals surface area contributed by atoms with Crippen molar-refractivity contribution in [1.82, 2.24) is 9.21 Å². The van der Waals surface area contributed by atoms with Gasteiger partial charge in [-0.3, -0.25) is 4.79 Å². The van der Waals surface area contributed by atoms with E-state index in [0.29, 0.717) is 12.1 Å². The molecule has 0 atom stereocenters. The Morgan fingerprint density at radius 3 is 2.27 bits per heavy atom. The molecule has 0 radical (unpaired) electrons. The summed E-state index contributed by atoms with van der Waals surface area (Å²) in [4.78, 5) is 13.8. The maximum Gasteiger partial charge on any atom is 0.242 e. The fraction of sp³-hybridized carbons (Fsp3) is 0.562. The Balaban J connectivity index is 2.00. The molecule has 0 aromatic heterocycles. The van der Waals surface area contributed by atoms with Crippen LogP contribution in [-0.2, 0) is 10.0 Å². The standard InChI is InChI=1S/C16H24N2O3S/c1-14(19)15-6-8-16(9-7-15)22(20,21)17(2)12-13-18-10-4-3-5-11-18/h6-9H,3-5,10-13H2,1-2H3. The van der Waals surface area contributed by atoms with E-state index in [1.165, 1.54) is 42.6 Å². The van der Waals surface area contributed by atoms with E-state index in [4.69, 9.17) is 0 Å². The zero-order valence-corrected chi connectivity index (χ0v) is 14.1. The molecule has 0 N–H and O–H groups in total. The summed E-state index contributed by atoms with van der Waals surface area (Å²) >= 11 is 0. The van der Waals surface area contributed by atoms with Gasteiger partial charge in [-0.15, -0.1) is 0 Å². The van der Waals surface area contributed by atoms with Gasteiger partial charge >= 0.3 is 0 Å². The van der Waals surface area contributed by atoms with Crippen LogP contribution in [0.2, 0.25) is 0 Å². The molecule has 1 aromatic rings. The Kier molecular flexibility index (Phi) is 5.72. The number of hydrogen-bond acceptors (Lipinski definition) is 4. The van der Waals surface area contributed by atoms with Gasteiger partial charge in [-0.2, -0.15) is 4.31 Å². The number of likely N-dealkylation sites (N-methyl/N-ethyl adjacent to an activating group) is 1. The van der Waals surface area contributed by atoms with Crippen LogP contribution in [0.3, 0.4) is 0 Å². The predicted molar refractivity (Wildman–Crippen MR) is 86.6 cm³/mol. The molecule has 1 aliphatic heterocycles. The fourth-order valence-corrected chi connectivity index (χ4v) is 3.79. The number of hydrogen-bond donors (Lipinski definition) is 0. The summed E-state index contributed by atoms with van der Waals surface area (Å²) in [5.41, 5.74) is 0.523. The van der Waals surface area contributed by atoms with E-state index in [9.17, 15) is 13.2 Å². The monoisotopic (exact) mass is 324 g/mol. The van der Waals surface area contributed by atoms with Crippen molar-refractivity contribution >= 4 is 15.8 Å².